The summed E-state index contributed by atoms with van der Waals surface area (Å²) in [6.45, 7) is 4.62. The molecule has 1 saturated heterocycles. The second-order valence-electron chi connectivity index (χ2n) is 5.99. The van der Waals surface area contributed by atoms with E-state index in [1.807, 2.05) is 13.1 Å². The van der Waals surface area contributed by atoms with E-state index in [0.717, 1.165) is 24.8 Å². The molecule has 3 rings (SSSR count). The molecule has 1 atom stereocenters. The highest BCUT2D eigenvalue weighted by Gasteiger charge is 2.21. The molecule has 2 aromatic rings. The maximum Gasteiger partial charge on any atom is 0.119 e. The van der Waals surface area contributed by atoms with Crippen LogP contribution >= 0.6 is 0 Å². The lowest BCUT2D eigenvalue weighted by atomic mass is 10.1. The summed E-state index contributed by atoms with van der Waals surface area (Å²) in [5.74, 6) is 1.73. The number of hydrogen-bond donors (Lipinski definition) is 1. The van der Waals surface area contributed by atoms with E-state index in [1.54, 1.807) is 7.11 Å². The molecule has 3 nitrogen and oxygen atoms in total. The quantitative estimate of drug-likeness (QED) is 0.913. The van der Waals surface area contributed by atoms with E-state index in [-0.39, 0.29) is 0 Å². The van der Waals surface area contributed by atoms with Gasteiger partial charge in [-0.2, -0.15) is 0 Å². The molecular formula is C18H24N2O. The predicted molar refractivity (Wildman–Crippen MR) is 87.8 cm³/mol. The van der Waals surface area contributed by atoms with E-state index in [0.29, 0.717) is 0 Å². The molecule has 0 amide bonds. The number of nitrogens with zero attached hydrogens (tertiary/aromatic N) is 1. The zero-order valence-electron chi connectivity index (χ0n) is 12.9. The smallest absolute Gasteiger partial charge is 0.119 e. The Kier molecular flexibility index (Phi) is 4.42. The lowest BCUT2D eigenvalue weighted by Gasteiger charge is -2.16. The molecule has 2 aromatic carbocycles. The van der Waals surface area contributed by atoms with Gasteiger partial charge in [-0.25, -0.2) is 0 Å². The van der Waals surface area contributed by atoms with Crippen molar-refractivity contribution in [1.82, 2.24) is 10.2 Å². The normalized spacial score (nSPS) is 19.2. The minimum absolute atomic E-state index is 0.805. The van der Waals surface area contributed by atoms with Gasteiger partial charge in [0.2, 0.25) is 0 Å². The van der Waals surface area contributed by atoms with Crippen LogP contribution in [-0.2, 0) is 6.54 Å². The van der Waals surface area contributed by atoms with Crippen molar-refractivity contribution in [1.29, 1.82) is 0 Å². The highest BCUT2D eigenvalue weighted by molar-refractivity contribution is 5.84. The van der Waals surface area contributed by atoms with Crippen LogP contribution in [0.15, 0.2) is 36.4 Å². The summed E-state index contributed by atoms with van der Waals surface area (Å²) in [5.41, 5.74) is 1.40. The van der Waals surface area contributed by atoms with Gasteiger partial charge in [-0.3, -0.25) is 4.90 Å². The average molecular weight is 284 g/mol. The average Bonchev–Trinajstić information content (AvgIpc) is 2.94. The van der Waals surface area contributed by atoms with Gasteiger partial charge < -0.3 is 10.1 Å². The van der Waals surface area contributed by atoms with Crippen molar-refractivity contribution in [3.8, 4) is 5.75 Å². The molecule has 1 N–H and O–H groups in total. The monoisotopic (exact) mass is 284 g/mol. The third-order valence-corrected chi connectivity index (χ3v) is 4.38. The van der Waals surface area contributed by atoms with E-state index in [4.69, 9.17) is 4.74 Å². The summed E-state index contributed by atoms with van der Waals surface area (Å²) in [6, 6.07) is 13.0. The molecule has 0 aliphatic carbocycles. The third kappa shape index (κ3) is 3.36. The van der Waals surface area contributed by atoms with E-state index in [1.165, 1.54) is 35.8 Å². The first-order valence-electron chi connectivity index (χ1n) is 7.72. The summed E-state index contributed by atoms with van der Waals surface area (Å²) in [4.78, 5) is 2.56. The van der Waals surface area contributed by atoms with E-state index in [2.05, 4.69) is 40.5 Å². The number of fused-ring (bicyclic) bond motifs is 1. The Balaban J connectivity index is 1.70. The van der Waals surface area contributed by atoms with Gasteiger partial charge in [0.05, 0.1) is 7.11 Å². The summed E-state index contributed by atoms with van der Waals surface area (Å²) in [6.07, 6.45) is 1.31. The van der Waals surface area contributed by atoms with Crippen LogP contribution < -0.4 is 10.1 Å². The lowest BCUT2D eigenvalue weighted by Crippen LogP contribution is -2.24. The Bertz CT molecular complexity index is 611. The van der Waals surface area contributed by atoms with Crippen molar-refractivity contribution in [2.75, 3.05) is 33.8 Å². The Morgan fingerprint density at radius 1 is 1.19 bits per heavy atom. The predicted octanol–water partition coefficient (Wildman–Crippen LogP) is 2.89. The number of likely N-dealkylation sites (tertiary alicyclic amines) is 1. The van der Waals surface area contributed by atoms with E-state index < -0.39 is 0 Å². The summed E-state index contributed by atoms with van der Waals surface area (Å²) >= 11 is 0. The number of methoxy groups -OCH3 is 1. The molecule has 0 bridgehead atoms. The number of benzene rings is 2. The topological polar surface area (TPSA) is 24.5 Å². The first kappa shape index (κ1) is 14.4. The molecule has 1 aliphatic heterocycles. The second kappa shape index (κ2) is 6.46. The minimum atomic E-state index is 0.805. The molecule has 1 fully saturated rings. The second-order valence-corrected chi connectivity index (χ2v) is 5.99. The molecule has 3 heteroatoms. The number of nitrogens with one attached hydrogen (secondary N) is 1. The number of hydrogen-bond acceptors (Lipinski definition) is 3. The Labute approximate surface area is 126 Å². The zero-order valence-corrected chi connectivity index (χ0v) is 12.9. The van der Waals surface area contributed by atoms with Crippen LogP contribution in [0.4, 0.5) is 0 Å². The Hall–Kier alpha value is -1.58. The molecular weight excluding hydrogens is 260 g/mol. The van der Waals surface area contributed by atoms with Gasteiger partial charge in [-0.1, -0.05) is 18.2 Å². The standard InChI is InChI=1S/C18H24N2O/c1-19-11-15-7-8-20(13-15)12-14-3-4-17-10-18(21-2)6-5-16(17)9-14/h3-6,9-10,15,19H,7-8,11-13H2,1-2H3. The summed E-state index contributed by atoms with van der Waals surface area (Å²) in [5, 5.41) is 5.82. The molecule has 1 heterocycles. The van der Waals surface area contributed by atoms with Crippen LogP contribution in [0.1, 0.15) is 12.0 Å². The van der Waals surface area contributed by atoms with Crippen molar-refractivity contribution in [2.45, 2.75) is 13.0 Å². The molecule has 1 unspecified atom stereocenters. The highest BCUT2D eigenvalue weighted by atomic mass is 16.5. The first-order chi connectivity index (χ1) is 10.3. The fraction of sp³-hybridized carbons (Fsp3) is 0.444. The van der Waals surface area contributed by atoms with Crippen molar-refractivity contribution in [2.24, 2.45) is 5.92 Å². The van der Waals surface area contributed by atoms with Crippen molar-refractivity contribution < 1.29 is 4.74 Å². The van der Waals surface area contributed by atoms with Gasteiger partial charge in [0.1, 0.15) is 5.75 Å². The van der Waals surface area contributed by atoms with Gasteiger partial charge in [-0.15, -0.1) is 0 Å². The van der Waals surface area contributed by atoms with Crippen LogP contribution in [0.5, 0.6) is 5.75 Å². The SMILES string of the molecule is CNCC1CCN(Cc2ccc3cc(OC)ccc3c2)C1. The molecule has 0 saturated carbocycles. The van der Waals surface area contributed by atoms with Gasteiger partial charge >= 0.3 is 0 Å². The summed E-state index contributed by atoms with van der Waals surface area (Å²) < 4.78 is 5.28. The number of rotatable bonds is 5. The van der Waals surface area contributed by atoms with Crippen molar-refractivity contribution in [3.05, 3.63) is 42.0 Å². The lowest BCUT2D eigenvalue weighted by molar-refractivity contribution is 0.315. The van der Waals surface area contributed by atoms with Gasteiger partial charge in [0, 0.05) is 13.1 Å². The maximum atomic E-state index is 5.28. The molecule has 0 spiro atoms. The fourth-order valence-corrected chi connectivity index (χ4v) is 3.27. The fourth-order valence-electron chi connectivity index (χ4n) is 3.27. The highest BCUT2D eigenvalue weighted by Crippen LogP contribution is 2.24. The largest absolute Gasteiger partial charge is 0.497 e. The summed E-state index contributed by atoms with van der Waals surface area (Å²) in [7, 11) is 3.75. The molecule has 0 aromatic heterocycles. The van der Waals surface area contributed by atoms with Crippen LogP contribution in [0.3, 0.4) is 0 Å². The first-order valence-corrected chi connectivity index (χ1v) is 7.72. The van der Waals surface area contributed by atoms with Crippen LogP contribution in [0.2, 0.25) is 0 Å². The minimum Gasteiger partial charge on any atom is -0.497 e. The molecule has 0 radical (unpaired) electrons. The van der Waals surface area contributed by atoms with Crippen LogP contribution in [0.25, 0.3) is 10.8 Å². The Morgan fingerprint density at radius 2 is 2.00 bits per heavy atom. The molecule has 21 heavy (non-hydrogen) atoms. The van der Waals surface area contributed by atoms with Gasteiger partial charge in [0.15, 0.2) is 0 Å². The molecule has 1 aliphatic rings. The third-order valence-electron chi connectivity index (χ3n) is 4.38. The zero-order chi connectivity index (χ0) is 14.7. The molecule has 112 valence electrons. The van der Waals surface area contributed by atoms with Gasteiger partial charge in [0.25, 0.3) is 0 Å². The van der Waals surface area contributed by atoms with Crippen molar-refractivity contribution in [3.63, 3.8) is 0 Å². The maximum absolute atomic E-state index is 5.28. The number of ether oxygens (including phenoxy) is 1. The van der Waals surface area contributed by atoms with Crippen LogP contribution in [0, 0.1) is 5.92 Å². The van der Waals surface area contributed by atoms with E-state index in [9.17, 15) is 0 Å². The van der Waals surface area contributed by atoms with E-state index >= 15 is 0 Å². The van der Waals surface area contributed by atoms with Gasteiger partial charge in [-0.05, 0) is 67.0 Å². The Morgan fingerprint density at radius 3 is 2.81 bits per heavy atom. The van der Waals surface area contributed by atoms with Crippen molar-refractivity contribution >= 4 is 10.8 Å². The van der Waals surface area contributed by atoms with Crippen LogP contribution in [-0.4, -0.2) is 38.7 Å².